The highest BCUT2D eigenvalue weighted by Crippen LogP contribution is 2.25. The van der Waals surface area contributed by atoms with Gasteiger partial charge in [0.2, 0.25) is 5.22 Å². The first-order valence-corrected chi connectivity index (χ1v) is 5.58. The summed E-state index contributed by atoms with van der Waals surface area (Å²) in [6, 6.07) is 1.99. The molecule has 0 aromatic carbocycles. The van der Waals surface area contributed by atoms with Crippen LogP contribution in [-0.4, -0.2) is 23.9 Å². The van der Waals surface area contributed by atoms with Crippen LogP contribution in [0.1, 0.15) is 36.0 Å². The Kier molecular flexibility index (Phi) is 3.00. The predicted molar refractivity (Wildman–Crippen MR) is 58.1 cm³/mol. The van der Waals surface area contributed by atoms with E-state index in [1.807, 2.05) is 7.05 Å². The molecule has 1 aromatic rings. The molecule has 0 unspecified atom stereocenters. The Bertz CT molecular complexity index is 355. The van der Waals surface area contributed by atoms with Crippen molar-refractivity contribution < 1.29 is 9.21 Å². The standard InChI is InChI=1S/C11H14ClNO2/c1-13(8-4-2-3-5-8)11(14)9-6-7-15-10(9)12/h6-8H,2-5H2,1H3. The molecule has 0 atom stereocenters. The molecule has 1 heterocycles. The lowest BCUT2D eigenvalue weighted by Crippen LogP contribution is -2.35. The third-order valence-electron chi connectivity index (χ3n) is 3.04. The van der Waals surface area contributed by atoms with Crippen molar-refractivity contribution >= 4 is 17.5 Å². The largest absolute Gasteiger partial charge is 0.452 e. The first-order chi connectivity index (χ1) is 7.20. The van der Waals surface area contributed by atoms with E-state index in [0.717, 1.165) is 12.8 Å². The lowest BCUT2D eigenvalue weighted by molar-refractivity contribution is 0.0734. The van der Waals surface area contributed by atoms with Crippen molar-refractivity contribution in [2.45, 2.75) is 31.7 Å². The fourth-order valence-corrected chi connectivity index (χ4v) is 2.29. The van der Waals surface area contributed by atoms with Gasteiger partial charge < -0.3 is 9.32 Å². The highest BCUT2D eigenvalue weighted by atomic mass is 35.5. The molecule has 0 aliphatic heterocycles. The summed E-state index contributed by atoms with van der Waals surface area (Å²) in [5.74, 6) is -0.0411. The van der Waals surface area contributed by atoms with E-state index in [1.165, 1.54) is 19.1 Å². The Hall–Kier alpha value is -0.960. The SMILES string of the molecule is CN(C(=O)c1ccoc1Cl)C1CCCC1. The van der Waals surface area contributed by atoms with Gasteiger partial charge in [0.25, 0.3) is 5.91 Å². The maximum Gasteiger partial charge on any atom is 0.258 e. The lowest BCUT2D eigenvalue weighted by Gasteiger charge is -2.23. The van der Waals surface area contributed by atoms with Gasteiger partial charge in [0.05, 0.1) is 11.8 Å². The van der Waals surface area contributed by atoms with Crippen molar-refractivity contribution in [2.75, 3.05) is 7.05 Å². The fraction of sp³-hybridized carbons (Fsp3) is 0.545. The topological polar surface area (TPSA) is 33.5 Å². The summed E-state index contributed by atoms with van der Waals surface area (Å²) in [5, 5.41) is 0.185. The molecule has 15 heavy (non-hydrogen) atoms. The Morgan fingerprint density at radius 3 is 2.73 bits per heavy atom. The third-order valence-corrected chi connectivity index (χ3v) is 3.33. The summed E-state index contributed by atoms with van der Waals surface area (Å²) < 4.78 is 4.92. The number of hydrogen-bond acceptors (Lipinski definition) is 2. The molecular formula is C11H14ClNO2. The molecule has 1 aliphatic carbocycles. The van der Waals surface area contributed by atoms with Crippen LogP contribution in [0.4, 0.5) is 0 Å². The average molecular weight is 228 g/mol. The van der Waals surface area contributed by atoms with Gasteiger partial charge in [0, 0.05) is 13.1 Å². The van der Waals surface area contributed by atoms with Gasteiger partial charge in [-0.15, -0.1) is 0 Å². The number of furan rings is 1. The van der Waals surface area contributed by atoms with E-state index in [4.69, 9.17) is 16.0 Å². The van der Waals surface area contributed by atoms with Crippen molar-refractivity contribution in [3.63, 3.8) is 0 Å². The number of carbonyl (C=O) groups is 1. The molecule has 0 spiro atoms. The fourth-order valence-electron chi connectivity index (χ4n) is 2.09. The van der Waals surface area contributed by atoms with Crippen molar-refractivity contribution in [1.29, 1.82) is 0 Å². The Balaban J connectivity index is 2.10. The highest BCUT2D eigenvalue weighted by molar-refractivity contribution is 6.32. The minimum atomic E-state index is -0.0411. The summed E-state index contributed by atoms with van der Waals surface area (Å²) in [6.45, 7) is 0. The summed E-state index contributed by atoms with van der Waals surface area (Å²) in [5.41, 5.74) is 0.464. The van der Waals surface area contributed by atoms with Crippen LogP contribution < -0.4 is 0 Å². The van der Waals surface area contributed by atoms with Crippen LogP contribution in [0.25, 0.3) is 0 Å². The molecule has 0 saturated heterocycles. The second-order valence-electron chi connectivity index (χ2n) is 3.96. The van der Waals surface area contributed by atoms with Crippen LogP contribution >= 0.6 is 11.6 Å². The number of rotatable bonds is 2. The molecule has 3 nitrogen and oxygen atoms in total. The van der Waals surface area contributed by atoms with Crippen molar-refractivity contribution in [3.8, 4) is 0 Å². The van der Waals surface area contributed by atoms with Gasteiger partial charge in [-0.25, -0.2) is 0 Å². The van der Waals surface area contributed by atoms with E-state index in [0.29, 0.717) is 11.6 Å². The van der Waals surface area contributed by atoms with Gasteiger partial charge in [-0.05, 0) is 30.5 Å². The molecule has 1 fully saturated rings. The smallest absolute Gasteiger partial charge is 0.258 e. The van der Waals surface area contributed by atoms with Gasteiger partial charge in [-0.2, -0.15) is 0 Å². The second-order valence-corrected chi connectivity index (χ2v) is 4.31. The molecule has 1 amide bonds. The number of amides is 1. The van der Waals surface area contributed by atoms with E-state index in [2.05, 4.69) is 0 Å². The van der Waals surface area contributed by atoms with Crippen LogP contribution in [0.15, 0.2) is 16.7 Å². The summed E-state index contributed by atoms with van der Waals surface area (Å²) in [4.78, 5) is 13.8. The van der Waals surface area contributed by atoms with Crippen molar-refractivity contribution in [2.24, 2.45) is 0 Å². The molecule has 0 radical (unpaired) electrons. The molecule has 0 N–H and O–H groups in total. The number of hydrogen-bond donors (Lipinski definition) is 0. The normalized spacial score (nSPS) is 16.9. The minimum absolute atomic E-state index is 0.0411. The zero-order valence-corrected chi connectivity index (χ0v) is 9.46. The first-order valence-electron chi connectivity index (χ1n) is 5.20. The number of carbonyl (C=O) groups excluding carboxylic acids is 1. The quantitative estimate of drug-likeness (QED) is 0.779. The molecular weight excluding hydrogens is 214 g/mol. The zero-order valence-electron chi connectivity index (χ0n) is 8.70. The summed E-state index contributed by atoms with van der Waals surface area (Å²) in [6.07, 6.45) is 6.05. The highest BCUT2D eigenvalue weighted by Gasteiger charge is 2.26. The molecule has 82 valence electrons. The van der Waals surface area contributed by atoms with E-state index in [9.17, 15) is 4.79 Å². The van der Waals surface area contributed by atoms with Crippen LogP contribution in [0.3, 0.4) is 0 Å². The first kappa shape index (κ1) is 10.6. The third kappa shape index (κ3) is 2.02. The number of nitrogens with zero attached hydrogens (tertiary/aromatic N) is 1. The summed E-state index contributed by atoms with van der Waals surface area (Å²) >= 11 is 5.77. The maximum absolute atomic E-state index is 12.0. The van der Waals surface area contributed by atoms with Crippen LogP contribution in [0.5, 0.6) is 0 Å². The van der Waals surface area contributed by atoms with Gasteiger partial charge in [0.1, 0.15) is 0 Å². The molecule has 1 aliphatic rings. The van der Waals surface area contributed by atoms with Crippen LogP contribution in [-0.2, 0) is 0 Å². The predicted octanol–water partition coefficient (Wildman–Crippen LogP) is 2.95. The van der Waals surface area contributed by atoms with Crippen LogP contribution in [0.2, 0.25) is 5.22 Å². The van der Waals surface area contributed by atoms with E-state index in [-0.39, 0.29) is 11.1 Å². The van der Waals surface area contributed by atoms with Gasteiger partial charge >= 0.3 is 0 Å². The zero-order chi connectivity index (χ0) is 10.8. The average Bonchev–Trinajstić information content (AvgIpc) is 2.85. The molecule has 0 bridgehead atoms. The molecule has 2 rings (SSSR count). The van der Waals surface area contributed by atoms with Crippen molar-refractivity contribution in [1.82, 2.24) is 4.90 Å². The monoisotopic (exact) mass is 227 g/mol. The Labute approximate surface area is 94.0 Å². The molecule has 4 heteroatoms. The van der Waals surface area contributed by atoms with E-state index in [1.54, 1.807) is 11.0 Å². The Morgan fingerprint density at radius 1 is 1.53 bits per heavy atom. The van der Waals surface area contributed by atoms with E-state index >= 15 is 0 Å². The summed E-state index contributed by atoms with van der Waals surface area (Å²) in [7, 11) is 1.83. The molecule has 1 saturated carbocycles. The second kappa shape index (κ2) is 4.27. The Morgan fingerprint density at radius 2 is 2.20 bits per heavy atom. The maximum atomic E-state index is 12.0. The minimum Gasteiger partial charge on any atom is -0.452 e. The number of halogens is 1. The van der Waals surface area contributed by atoms with Gasteiger partial charge in [-0.3, -0.25) is 4.79 Å². The van der Waals surface area contributed by atoms with E-state index < -0.39 is 0 Å². The van der Waals surface area contributed by atoms with Gasteiger partial charge in [0.15, 0.2) is 0 Å². The lowest BCUT2D eigenvalue weighted by atomic mass is 10.2. The van der Waals surface area contributed by atoms with Gasteiger partial charge in [-0.1, -0.05) is 12.8 Å². The molecule has 1 aromatic heterocycles. The van der Waals surface area contributed by atoms with Crippen LogP contribution in [0, 0.1) is 0 Å². The van der Waals surface area contributed by atoms with Crippen molar-refractivity contribution in [3.05, 3.63) is 23.1 Å².